The van der Waals surface area contributed by atoms with E-state index in [0.717, 1.165) is 0 Å². The molecule has 0 aliphatic heterocycles. The van der Waals surface area contributed by atoms with Crippen LogP contribution in [0, 0.1) is 0 Å². The van der Waals surface area contributed by atoms with Crippen molar-refractivity contribution >= 4 is 26.5 Å². The van der Waals surface area contributed by atoms with E-state index in [1.54, 1.807) is 50.6 Å². The maximum absolute atomic E-state index is 12.5. The van der Waals surface area contributed by atoms with Crippen molar-refractivity contribution in [3.8, 4) is 16.9 Å². The molecule has 7 nitrogen and oxygen atoms in total. The maximum atomic E-state index is 12.5. The summed E-state index contributed by atoms with van der Waals surface area (Å²) in [6.45, 7) is 1.61. The highest BCUT2D eigenvalue weighted by atomic mass is 32.2. The van der Waals surface area contributed by atoms with Crippen molar-refractivity contribution in [2.45, 2.75) is 43.6 Å². The molecular formula is C22H24N2O5S. The molecule has 0 saturated heterocycles. The number of hydrogen-bond donors (Lipinski definition) is 1. The van der Waals surface area contributed by atoms with E-state index in [-0.39, 0.29) is 28.1 Å². The highest BCUT2D eigenvalue weighted by Crippen LogP contribution is 2.37. The van der Waals surface area contributed by atoms with Crippen LogP contribution in [0.2, 0.25) is 0 Å². The van der Waals surface area contributed by atoms with Gasteiger partial charge in [0.25, 0.3) is 5.56 Å². The van der Waals surface area contributed by atoms with Gasteiger partial charge in [-0.1, -0.05) is 6.92 Å². The van der Waals surface area contributed by atoms with Gasteiger partial charge in [-0.3, -0.25) is 9.59 Å². The molecule has 0 amide bonds. The minimum absolute atomic E-state index is 0.00970. The van der Waals surface area contributed by atoms with Gasteiger partial charge in [0.05, 0.1) is 16.8 Å². The number of hydrogen-bond acceptors (Lipinski definition) is 5. The van der Waals surface area contributed by atoms with Gasteiger partial charge in [0.15, 0.2) is 9.84 Å². The number of aromatic nitrogens is 2. The summed E-state index contributed by atoms with van der Waals surface area (Å²) in [4.78, 5) is 27.2. The summed E-state index contributed by atoms with van der Waals surface area (Å²) in [6, 6.07) is 6.66. The Morgan fingerprint density at radius 1 is 1.13 bits per heavy atom. The van der Waals surface area contributed by atoms with Gasteiger partial charge in [-0.15, -0.1) is 0 Å². The van der Waals surface area contributed by atoms with E-state index >= 15 is 0 Å². The molecule has 0 unspecified atom stereocenters. The zero-order valence-electron chi connectivity index (χ0n) is 17.0. The SMILES string of the molecule is CCS(=O)(=O)c1ccc(OC2CCC(=O)CC2)c(-c2cn(C)c(=O)c3[nH]ccc23)c1. The number of nitrogens with zero attached hydrogens (tertiary/aromatic N) is 1. The first kappa shape index (κ1) is 20.4. The van der Waals surface area contributed by atoms with Crippen molar-refractivity contribution < 1.29 is 17.9 Å². The summed E-state index contributed by atoms with van der Waals surface area (Å²) in [6.07, 6.45) is 5.54. The molecular weight excluding hydrogens is 404 g/mol. The number of ketones is 1. The molecule has 0 radical (unpaired) electrons. The molecule has 0 atom stereocenters. The normalized spacial score (nSPS) is 15.6. The molecule has 8 heteroatoms. The fraction of sp³-hybridized carbons (Fsp3) is 0.364. The number of aryl methyl sites for hydroxylation is 1. The number of nitrogens with one attached hydrogen (secondary N) is 1. The van der Waals surface area contributed by atoms with Gasteiger partial charge >= 0.3 is 0 Å². The Kier molecular flexibility index (Phi) is 5.27. The summed E-state index contributed by atoms with van der Waals surface area (Å²) in [5, 5.41) is 0.702. The number of benzene rings is 1. The van der Waals surface area contributed by atoms with Crippen LogP contribution in [0.25, 0.3) is 22.0 Å². The molecule has 0 spiro atoms. The van der Waals surface area contributed by atoms with Gasteiger partial charge in [-0.25, -0.2) is 8.42 Å². The summed E-state index contributed by atoms with van der Waals surface area (Å²) in [5.74, 6) is 0.779. The van der Waals surface area contributed by atoms with E-state index in [0.29, 0.717) is 53.5 Å². The predicted molar refractivity (Wildman–Crippen MR) is 115 cm³/mol. The van der Waals surface area contributed by atoms with Crippen LogP contribution in [-0.4, -0.2) is 35.6 Å². The number of ether oxygens (including phenoxy) is 1. The number of carbonyl (C=O) groups is 1. The molecule has 4 rings (SSSR count). The van der Waals surface area contributed by atoms with Crippen LogP contribution >= 0.6 is 0 Å². The van der Waals surface area contributed by atoms with Gasteiger partial charge in [0, 0.05) is 48.8 Å². The Hall–Kier alpha value is -2.87. The summed E-state index contributed by atoms with van der Waals surface area (Å²) >= 11 is 0. The zero-order chi connectivity index (χ0) is 21.5. The Labute approximate surface area is 174 Å². The Bertz CT molecular complexity index is 1280. The minimum atomic E-state index is -3.42. The van der Waals surface area contributed by atoms with Gasteiger partial charge in [0.1, 0.15) is 17.0 Å². The molecule has 1 aromatic carbocycles. The van der Waals surface area contributed by atoms with Crippen molar-refractivity contribution in [2.24, 2.45) is 7.05 Å². The molecule has 1 fully saturated rings. The van der Waals surface area contributed by atoms with Crippen molar-refractivity contribution in [1.82, 2.24) is 9.55 Å². The molecule has 1 aliphatic carbocycles. The average Bonchev–Trinajstić information content (AvgIpc) is 3.23. The lowest BCUT2D eigenvalue weighted by atomic mass is 9.96. The first-order valence-electron chi connectivity index (χ1n) is 10.0. The molecule has 30 heavy (non-hydrogen) atoms. The number of aromatic amines is 1. The zero-order valence-corrected chi connectivity index (χ0v) is 17.8. The molecule has 3 aromatic rings. The van der Waals surface area contributed by atoms with E-state index in [9.17, 15) is 18.0 Å². The fourth-order valence-electron chi connectivity index (χ4n) is 3.88. The lowest BCUT2D eigenvalue weighted by molar-refractivity contribution is -0.121. The second-order valence-corrected chi connectivity index (χ2v) is 9.92. The third kappa shape index (κ3) is 3.67. The van der Waals surface area contributed by atoms with Crippen LogP contribution in [-0.2, 0) is 21.7 Å². The highest BCUT2D eigenvalue weighted by Gasteiger charge is 2.24. The highest BCUT2D eigenvalue weighted by molar-refractivity contribution is 7.91. The van der Waals surface area contributed by atoms with Crippen molar-refractivity contribution in [2.75, 3.05) is 5.75 Å². The fourth-order valence-corrected chi connectivity index (χ4v) is 4.78. The van der Waals surface area contributed by atoms with Gasteiger partial charge in [0.2, 0.25) is 0 Å². The van der Waals surface area contributed by atoms with Crippen molar-refractivity contribution in [1.29, 1.82) is 0 Å². The standard InChI is InChI=1S/C22H24N2O5S/c1-3-30(27,28)16-8-9-20(29-15-6-4-14(25)5-7-15)18(12-16)19-13-24(2)22(26)21-17(19)10-11-23-21/h8-13,15,23H,3-7H2,1-2H3. The van der Waals surface area contributed by atoms with Crippen LogP contribution < -0.4 is 10.3 Å². The molecule has 1 saturated carbocycles. The first-order valence-corrected chi connectivity index (χ1v) is 11.7. The first-order chi connectivity index (χ1) is 14.3. The lowest BCUT2D eigenvalue weighted by Crippen LogP contribution is -2.24. The summed E-state index contributed by atoms with van der Waals surface area (Å²) < 4.78 is 32.7. The maximum Gasteiger partial charge on any atom is 0.274 e. The number of Topliss-reactive ketones (excluding diaryl/α,β-unsaturated/α-hetero) is 1. The topological polar surface area (TPSA) is 98.2 Å². The van der Waals surface area contributed by atoms with Crippen LogP contribution in [0.5, 0.6) is 5.75 Å². The van der Waals surface area contributed by atoms with Crippen molar-refractivity contribution in [3.63, 3.8) is 0 Å². The number of rotatable bonds is 5. The number of H-pyrrole nitrogens is 1. The van der Waals surface area contributed by atoms with Gasteiger partial charge in [-0.05, 0) is 37.1 Å². The van der Waals surface area contributed by atoms with Crippen LogP contribution in [0.3, 0.4) is 0 Å². The molecule has 1 N–H and O–H groups in total. The van der Waals surface area contributed by atoms with E-state index in [2.05, 4.69) is 4.98 Å². The molecule has 158 valence electrons. The van der Waals surface area contributed by atoms with Crippen molar-refractivity contribution in [3.05, 3.63) is 47.0 Å². The van der Waals surface area contributed by atoms with E-state index in [4.69, 9.17) is 4.74 Å². The molecule has 2 heterocycles. The summed E-state index contributed by atoms with van der Waals surface area (Å²) in [7, 11) is -1.76. The number of fused-ring (bicyclic) bond motifs is 1. The minimum Gasteiger partial charge on any atom is -0.490 e. The summed E-state index contributed by atoms with van der Waals surface area (Å²) in [5.41, 5.74) is 1.61. The smallest absolute Gasteiger partial charge is 0.274 e. The third-order valence-corrected chi connectivity index (χ3v) is 7.39. The molecule has 1 aliphatic rings. The monoisotopic (exact) mass is 428 g/mol. The van der Waals surface area contributed by atoms with Crippen LogP contribution in [0.1, 0.15) is 32.6 Å². The Morgan fingerprint density at radius 2 is 1.87 bits per heavy atom. The average molecular weight is 429 g/mol. The van der Waals surface area contributed by atoms with E-state index in [1.165, 1.54) is 4.57 Å². The van der Waals surface area contributed by atoms with Gasteiger partial charge in [-0.2, -0.15) is 0 Å². The second kappa shape index (κ2) is 7.75. The predicted octanol–water partition coefficient (Wildman–Crippen LogP) is 3.22. The van der Waals surface area contributed by atoms with Crippen LogP contribution in [0.4, 0.5) is 0 Å². The Balaban J connectivity index is 1.89. The lowest BCUT2D eigenvalue weighted by Gasteiger charge is -2.24. The van der Waals surface area contributed by atoms with Crippen LogP contribution in [0.15, 0.2) is 46.3 Å². The second-order valence-electron chi connectivity index (χ2n) is 7.64. The Morgan fingerprint density at radius 3 is 2.57 bits per heavy atom. The largest absolute Gasteiger partial charge is 0.490 e. The van der Waals surface area contributed by atoms with E-state index < -0.39 is 9.84 Å². The third-order valence-electron chi connectivity index (χ3n) is 5.66. The number of carbonyl (C=O) groups excluding carboxylic acids is 1. The van der Waals surface area contributed by atoms with Gasteiger partial charge < -0.3 is 14.3 Å². The quantitative estimate of drug-likeness (QED) is 0.673. The number of pyridine rings is 1. The number of sulfone groups is 1. The van der Waals surface area contributed by atoms with E-state index in [1.807, 2.05) is 0 Å². The molecule has 0 bridgehead atoms. The molecule has 2 aromatic heterocycles.